The van der Waals surface area contributed by atoms with E-state index in [0.717, 1.165) is 5.56 Å². The molecule has 1 amide bonds. The van der Waals surface area contributed by atoms with Crippen LogP contribution in [0.15, 0.2) is 30.5 Å². The monoisotopic (exact) mass is 367 g/mol. The largest absolute Gasteiger partial charge is 0.496 e. The third-order valence-electron chi connectivity index (χ3n) is 3.51. The molecule has 2 rings (SSSR count). The van der Waals surface area contributed by atoms with Crippen LogP contribution in [0.2, 0.25) is 0 Å². The summed E-state index contributed by atoms with van der Waals surface area (Å²) < 4.78 is 15.9. The number of carbonyl (C=O) groups is 1. The van der Waals surface area contributed by atoms with Gasteiger partial charge in [-0.3, -0.25) is 9.78 Å². The Hall–Kier alpha value is -2.51. The molecule has 0 fully saturated rings. The molecule has 0 unspecified atom stereocenters. The Morgan fingerprint density at radius 1 is 1.08 bits per heavy atom. The van der Waals surface area contributed by atoms with Crippen LogP contribution in [0.3, 0.4) is 0 Å². The molecule has 1 aromatic carbocycles. The van der Waals surface area contributed by atoms with Gasteiger partial charge < -0.3 is 25.3 Å². The first-order valence-corrected chi connectivity index (χ1v) is 7.35. The molecule has 0 aliphatic carbocycles. The number of nitrogens with zero attached hydrogens (tertiary/aromatic N) is 1. The first-order chi connectivity index (χ1) is 11.6. The Kier molecular flexibility index (Phi) is 7.97. The van der Waals surface area contributed by atoms with Gasteiger partial charge in [-0.05, 0) is 18.2 Å². The van der Waals surface area contributed by atoms with E-state index in [-0.39, 0.29) is 31.4 Å². The quantitative estimate of drug-likeness (QED) is 0.776. The van der Waals surface area contributed by atoms with Gasteiger partial charge in [0.15, 0.2) is 11.5 Å². The van der Waals surface area contributed by atoms with Crippen molar-refractivity contribution in [3.05, 3.63) is 47.3 Å². The second kappa shape index (κ2) is 9.71. The molecule has 136 valence electrons. The number of benzene rings is 1. The number of pyridine rings is 1. The van der Waals surface area contributed by atoms with E-state index in [9.17, 15) is 4.79 Å². The van der Waals surface area contributed by atoms with Crippen LogP contribution in [0.1, 0.15) is 21.6 Å². The number of hydrogen-bond donors (Lipinski definition) is 2. The topological polar surface area (TPSA) is 95.7 Å². The van der Waals surface area contributed by atoms with Gasteiger partial charge in [0.1, 0.15) is 5.75 Å². The third kappa shape index (κ3) is 4.98. The molecule has 0 aliphatic rings. The number of amides is 1. The Bertz CT molecular complexity index is 725. The number of rotatable bonds is 7. The number of aromatic nitrogens is 1. The van der Waals surface area contributed by atoms with E-state index in [1.165, 1.54) is 0 Å². The lowest BCUT2D eigenvalue weighted by atomic mass is 10.1. The molecule has 0 atom stereocenters. The van der Waals surface area contributed by atoms with Gasteiger partial charge in [-0.15, -0.1) is 12.4 Å². The second-order valence-corrected chi connectivity index (χ2v) is 4.94. The van der Waals surface area contributed by atoms with Gasteiger partial charge in [0.05, 0.1) is 27.0 Å². The molecule has 0 radical (unpaired) electrons. The Morgan fingerprint density at radius 3 is 2.32 bits per heavy atom. The van der Waals surface area contributed by atoms with Crippen molar-refractivity contribution in [1.82, 2.24) is 10.3 Å². The number of halogens is 1. The van der Waals surface area contributed by atoms with Gasteiger partial charge in [-0.2, -0.15) is 0 Å². The van der Waals surface area contributed by atoms with Gasteiger partial charge >= 0.3 is 0 Å². The normalized spacial score (nSPS) is 9.76. The van der Waals surface area contributed by atoms with Gasteiger partial charge in [0.25, 0.3) is 5.91 Å². The van der Waals surface area contributed by atoms with E-state index in [0.29, 0.717) is 28.5 Å². The molecule has 8 heteroatoms. The zero-order valence-corrected chi connectivity index (χ0v) is 15.2. The summed E-state index contributed by atoms with van der Waals surface area (Å²) in [5, 5.41) is 2.85. The van der Waals surface area contributed by atoms with Crippen molar-refractivity contribution in [3.63, 3.8) is 0 Å². The van der Waals surface area contributed by atoms with E-state index in [1.807, 2.05) is 0 Å². The lowest BCUT2D eigenvalue weighted by Crippen LogP contribution is -2.23. The van der Waals surface area contributed by atoms with Crippen LogP contribution in [-0.2, 0) is 13.1 Å². The van der Waals surface area contributed by atoms with Crippen molar-refractivity contribution in [1.29, 1.82) is 0 Å². The van der Waals surface area contributed by atoms with Crippen molar-refractivity contribution < 1.29 is 19.0 Å². The van der Waals surface area contributed by atoms with E-state index in [4.69, 9.17) is 19.9 Å². The molecule has 0 saturated carbocycles. The number of nitrogens with one attached hydrogen (secondary N) is 1. The Morgan fingerprint density at radius 2 is 1.72 bits per heavy atom. The fraction of sp³-hybridized carbons (Fsp3) is 0.294. The standard InChI is InChI=1S/C17H21N3O4.ClH/c1-22-14-8-16(24-3)15(23-2)7-12(14)10-20-17(21)11-4-5-19-13(6-11)9-18;/h4-8H,9-10,18H2,1-3H3,(H,20,21);1H. The fourth-order valence-electron chi connectivity index (χ4n) is 2.24. The smallest absolute Gasteiger partial charge is 0.251 e. The highest BCUT2D eigenvalue weighted by molar-refractivity contribution is 5.94. The number of methoxy groups -OCH3 is 3. The zero-order chi connectivity index (χ0) is 17.5. The number of ether oxygens (including phenoxy) is 3. The first-order valence-electron chi connectivity index (χ1n) is 7.35. The van der Waals surface area contributed by atoms with E-state index in [1.54, 1.807) is 51.8 Å². The highest BCUT2D eigenvalue weighted by Gasteiger charge is 2.13. The summed E-state index contributed by atoms with van der Waals surface area (Å²) in [7, 11) is 4.66. The van der Waals surface area contributed by atoms with Crippen molar-refractivity contribution in [3.8, 4) is 17.2 Å². The van der Waals surface area contributed by atoms with Crippen LogP contribution >= 0.6 is 12.4 Å². The summed E-state index contributed by atoms with van der Waals surface area (Å²) in [6.45, 7) is 0.563. The predicted octanol–water partition coefficient (Wildman–Crippen LogP) is 1.92. The van der Waals surface area contributed by atoms with Crippen LogP contribution in [-0.4, -0.2) is 32.2 Å². The maximum atomic E-state index is 12.3. The van der Waals surface area contributed by atoms with Crippen molar-refractivity contribution in [2.24, 2.45) is 5.73 Å². The van der Waals surface area contributed by atoms with Crippen molar-refractivity contribution >= 4 is 18.3 Å². The average molecular weight is 368 g/mol. The average Bonchev–Trinajstić information content (AvgIpc) is 2.65. The maximum Gasteiger partial charge on any atom is 0.251 e. The number of hydrogen-bond acceptors (Lipinski definition) is 6. The Labute approximate surface area is 152 Å². The summed E-state index contributed by atoms with van der Waals surface area (Å²) >= 11 is 0. The van der Waals surface area contributed by atoms with Gasteiger partial charge in [-0.25, -0.2) is 0 Å². The first kappa shape index (κ1) is 20.5. The molecular formula is C17H22ClN3O4. The SMILES string of the molecule is COc1cc(OC)c(OC)cc1CNC(=O)c1ccnc(CN)c1.Cl. The van der Waals surface area contributed by atoms with Crippen LogP contribution in [0.25, 0.3) is 0 Å². The molecule has 0 bridgehead atoms. The van der Waals surface area contributed by atoms with Crippen molar-refractivity contribution in [2.45, 2.75) is 13.1 Å². The molecule has 0 aliphatic heterocycles. The van der Waals surface area contributed by atoms with Gasteiger partial charge in [0, 0.05) is 36.5 Å². The maximum absolute atomic E-state index is 12.3. The highest BCUT2D eigenvalue weighted by Crippen LogP contribution is 2.34. The molecule has 7 nitrogen and oxygen atoms in total. The minimum absolute atomic E-state index is 0. The van der Waals surface area contributed by atoms with E-state index in [2.05, 4.69) is 10.3 Å². The third-order valence-corrected chi connectivity index (χ3v) is 3.51. The minimum atomic E-state index is -0.219. The van der Waals surface area contributed by atoms with Crippen LogP contribution in [0, 0.1) is 0 Å². The molecule has 0 spiro atoms. The summed E-state index contributed by atoms with van der Waals surface area (Å²) in [5.41, 5.74) is 7.48. The van der Waals surface area contributed by atoms with Gasteiger partial charge in [0.2, 0.25) is 0 Å². The highest BCUT2D eigenvalue weighted by atomic mass is 35.5. The predicted molar refractivity (Wildman–Crippen MR) is 96.6 cm³/mol. The van der Waals surface area contributed by atoms with E-state index < -0.39 is 0 Å². The zero-order valence-electron chi connectivity index (χ0n) is 14.4. The molecule has 2 aromatic rings. The number of nitrogens with two attached hydrogens (primary N) is 1. The summed E-state index contributed by atoms with van der Waals surface area (Å²) in [5.74, 6) is 1.51. The number of carbonyl (C=O) groups excluding carboxylic acids is 1. The minimum Gasteiger partial charge on any atom is -0.496 e. The lowest BCUT2D eigenvalue weighted by molar-refractivity contribution is 0.0950. The molecule has 0 saturated heterocycles. The lowest BCUT2D eigenvalue weighted by Gasteiger charge is -2.14. The molecule has 3 N–H and O–H groups in total. The molecule has 1 heterocycles. The second-order valence-electron chi connectivity index (χ2n) is 4.94. The van der Waals surface area contributed by atoms with Crippen LogP contribution in [0.5, 0.6) is 17.2 Å². The molecular weight excluding hydrogens is 346 g/mol. The Balaban J connectivity index is 0.00000312. The summed E-state index contributed by atoms with van der Waals surface area (Å²) in [6, 6.07) is 6.80. The fourth-order valence-corrected chi connectivity index (χ4v) is 2.24. The van der Waals surface area contributed by atoms with Crippen molar-refractivity contribution in [2.75, 3.05) is 21.3 Å². The van der Waals surface area contributed by atoms with Gasteiger partial charge in [-0.1, -0.05) is 0 Å². The summed E-state index contributed by atoms with van der Waals surface area (Å²) in [6.07, 6.45) is 1.56. The van der Waals surface area contributed by atoms with Crippen LogP contribution in [0.4, 0.5) is 0 Å². The van der Waals surface area contributed by atoms with E-state index >= 15 is 0 Å². The molecule has 25 heavy (non-hydrogen) atoms. The van der Waals surface area contributed by atoms with Crippen LogP contribution < -0.4 is 25.3 Å². The molecule has 1 aromatic heterocycles. The summed E-state index contributed by atoms with van der Waals surface area (Å²) in [4.78, 5) is 16.4.